The van der Waals surface area contributed by atoms with Crippen LogP contribution in [0.5, 0.6) is 0 Å². The average molecular weight is 294 g/mol. The largest absolute Gasteiger partial charge is 0.478 e. The van der Waals surface area contributed by atoms with Crippen molar-refractivity contribution in [3.8, 4) is 0 Å². The Balaban J connectivity index is 2.48. The van der Waals surface area contributed by atoms with Crippen molar-refractivity contribution in [2.45, 2.75) is 26.3 Å². The summed E-state index contributed by atoms with van der Waals surface area (Å²) in [6.07, 6.45) is 0. The van der Waals surface area contributed by atoms with E-state index in [-0.39, 0.29) is 11.6 Å². The topological polar surface area (TPSA) is 86.7 Å². The minimum Gasteiger partial charge on any atom is -0.478 e. The molecule has 1 aliphatic heterocycles. The van der Waals surface area contributed by atoms with Crippen LogP contribution < -0.4 is 10.2 Å². The van der Waals surface area contributed by atoms with Crippen molar-refractivity contribution in [3.05, 3.63) is 29.6 Å². The smallest absolute Gasteiger partial charge is 0.338 e. The Kier molecular flexibility index (Phi) is 3.44. The van der Waals surface area contributed by atoms with Crippen LogP contribution in [0.15, 0.2) is 18.2 Å². The number of aromatic carboxylic acids is 1. The number of rotatable bonds is 3. The molecule has 2 rings (SSSR count). The summed E-state index contributed by atoms with van der Waals surface area (Å²) < 4.78 is 13.4. The van der Waals surface area contributed by atoms with Gasteiger partial charge in [-0.15, -0.1) is 0 Å². The Bertz CT molecular complexity index is 644. The van der Waals surface area contributed by atoms with Crippen LogP contribution in [0.4, 0.5) is 14.9 Å². The van der Waals surface area contributed by atoms with Crippen LogP contribution in [0, 0.1) is 11.7 Å². The normalized spacial score (nSPS) is 21.9. The van der Waals surface area contributed by atoms with Gasteiger partial charge in [0.25, 0.3) is 5.91 Å². The highest BCUT2D eigenvalue weighted by Gasteiger charge is 2.50. The number of hydrogen-bond donors (Lipinski definition) is 2. The molecule has 21 heavy (non-hydrogen) atoms. The standard InChI is InChI=1S/C14H15FN2O4/c1-7(2)14(3)12(20)17(13(21)16-14)8-4-5-10(15)9(6-8)11(18)19/h4-7H,1-3H3,(H,16,21)(H,18,19). The highest BCUT2D eigenvalue weighted by molar-refractivity contribution is 6.23. The maximum absolute atomic E-state index is 13.4. The number of amides is 3. The van der Waals surface area contributed by atoms with Crippen molar-refractivity contribution >= 4 is 23.6 Å². The Morgan fingerprint density at radius 3 is 2.48 bits per heavy atom. The number of nitrogens with zero attached hydrogens (tertiary/aromatic N) is 1. The molecule has 6 nitrogen and oxygen atoms in total. The molecule has 1 saturated heterocycles. The molecule has 0 bridgehead atoms. The molecular formula is C14H15FN2O4. The van der Waals surface area contributed by atoms with Gasteiger partial charge in [0.05, 0.1) is 11.3 Å². The lowest BCUT2D eigenvalue weighted by Gasteiger charge is -2.25. The zero-order valence-electron chi connectivity index (χ0n) is 11.8. The van der Waals surface area contributed by atoms with Crippen molar-refractivity contribution < 1.29 is 23.9 Å². The van der Waals surface area contributed by atoms with Gasteiger partial charge < -0.3 is 10.4 Å². The maximum Gasteiger partial charge on any atom is 0.338 e. The number of carboxylic acids is 1. The molecule has 3 amide bonds. The number of carbonyl (C=O) groups is 3. The van der Waals surface area contributed by atoms with Gasteiger partial charge >= 0.3 is 12.0 Å². The van der Waals surface area contributed by atoms with Crippen molar-refractivity contribution in [1.29, 1.82) is 0 Å². The molecule has 0 saturated carbocycles. The van der Waals surface area contributed by atoms with Gasteiger partial charge in [-0.3, -0.25) is 4.79 Å². The van der Waals surface area contributed by atoms with E-state index in [1.54, 1.807) is 20.8 Å². The second-order valence-electron chi connectivity index (χ2n) is 5.40. The van der Waals surface area contributed by atoms with E-state index in [4.69, 9.17) is 5.11 Å². The Labute approximate surface area is 120 Å². The molecule has 112 valence electrons. The van der Waals surface area contributed by atoms with Crippen LogP contribution in [0.25, 0.3) is 0 Å². The first kappa shape index (κ1) is 15.0. The molecule has 0 aliphatic carbocycles. The van der Waals surface area contributed by atoms with E-state index in [9.17, 15) is 18.8 Å². The van der Waals surface area contributed by atoms with Gasteiger partial charge in [-0.2, -0.15) is 0 Å². The molecule has 1 aliphatic rings. The Hall–Kier alpha value is -2.44. The van der Waals surface area contributed by atoms with Crippen molar-refractivity contribution in [2.24, 2.45) is 5.92 Å². The second kappa shape index (κ2) is 4.83. The SMILES string of the molecule is CC(C)C1(C)NC(=O)N(c2ccc(F)c(C(=O)O)c2)C1=O. The Morgan fingerprint density at radius 1 is 1.38 bits per heavy atom. The zero-order valence-corrected chi connectivity index (χ0v) is 11.8. The molecule has 1 atom stereocenters. The van der Waals surface area contributed by atoms with E-state index in [1.807, 2.05) is 0 Å². The minimum atomic E-state index is -1.46. The van der Waals surface area contributed by atoms with Gasteiger partial charge in [0, 0.05) is 0 Å². The fourth-order valence-corrected chi connectivity index (χ4v) is 2.10. The number of nitrogens with one attached hydrogen (secondary N) is 1. The highest BCUT2D eigenvalue weighted by atomic mass is 19.1. The van der Waals surface area contributed by atoms with E-state index in [0.29, 0.717) is 0 Å². The molecule has 1 heterocycles. The van der Waals surface area contributed by atoms with Crippen LogP contribution in [0.2, 0.25) is 0 Å². The summed E-state index contributed by atoms with van der Waals surface area (Å²) in [7, 11) is 0. The van der Waals surface area contributed by atoms with Crippen LogP contribution in [0.1, 0.15) is 31.1 Å². The van der Waals surface area contributed by atoms with Crippen LogP contribution >= 0.6 is 0 Å². The van der Waals surface area contributed by atoms with E-state index >= 15 is 0 Å². The van der Waals surface area contributed by atoms with Crippen molar-refractivity contribution in [1.82, 2.24) is 5.32 Å². The molecule has 1 unspecified atom stereocenters. The predicted molar refractivity (Wildman–Crippen MR) is 72.6 cm³/mol. The molecule has 0 radical (unpaired) electrons. The number of hydrogen-bond acceptors (Lipinski definition) is 3. The maximum atomic E-state index is 13.4. The number of carboxylic acid groups (broad SMARTS) is 1. The zero-order chi connectivity index (χ0) is 15.9. The van der Waals surface area contributed by atoms with E-state index in [1.165, 1.54) is 6.07 Å². The van der Waals surface area contributed by atoms with E-state index in [0.717, 1.165) is 17.0 Å². The fourth-order valence-electron chi connectivity index (χ4n) is 2.10. The summed E-state index contributed by atoms with van der Waals surface area (Å²) >= 11 is 0. The molecule has 1 fully saturated rings. The predicted octanol–water partition coefficient (Wildman–Crippen LogP) is 1.99. The first-order valence-corrected chi connectivity index (χ1v) is 6.38. The third-order valence-electron chi connectivity index (χ3n) is 3.81. The third-order valence-corrected chi connectivity index (χ3v) is 3.81. The minimum absolute atomic E-state index is 0.0284. The summed E-state index contributed by atoms with van der Waals surface area (Å²) in [4.78, 5) is 36.3. The summed E-state index contributed by atoms with van der Waals surface area (Å²) in [6, 6.07) is 2.44. The van der Waals surface area contributed by atoms with Gasteiger partial charge in [0.1, 0.15) is 11.4 Å². The van der Waals surface area contributed by atoms with E-state index < -0.39 is 34.8 Å². The number of imide groups is 1. The number of anilines is 1. The Morgan fingerprint density at radius 2 is 2.00 bits per heavy atom. The molecule has 1 aromatic carbocycles. The highest BCUT2D eigenvalue weighted by Crippen LogP contribution is 2.30. The van der Waals surface area contributed by atoms with Gasteiger partial charge in [-0.1, -0.05) is 13.8 Å². The lowest BCUT2D eigenvalue weighted by atomic mass is 9.88. The fraction of sp³-hybridized carbons (Fsp3) is 0.357. The third kappa shape index (κ3) is 2.24. The summed E-state index contributed by atoms with van der Waals surface area (Å²) in [6.45, 7) is 5.17. The monoisotopic (exact) mass is 294 g/mol. The van der Waals surface area contributed by atoms with Crippen molar-refractivity contribution in [3.63, 3.8) is 0 Å². The number of carbonyl (C=O) groups excluding carboxylic acids is 2. The van der Waals surface area contributed by atoms with Crippen LogP contribution in [0.3, 0.4) is 0 Å². The summed E-state index contributed by atoms with van der Waals surface area (Å²) in [5.41, 5.74) is -1.64. The number of urea groups is 1. The number of halogens is 1. The molecule has 0 spiro atoms. The first-order valence-electron chi connectivity index (χ1n) is 6.38. The van der Waals surface area contributed by atoms with Gasteiger partial charge in [-0.05, 0) is 31.0 Å². The van der Waals surface area contributed by atoms with Crippen LogP contribution in [-0.2, 0) is 4.79 Å². The van der Waals surface area contributed by atoms with Gasteiger partial charge in [0.2, 0.25) is 0 Å². The van der Waals surface area contributed by atoms with Gasteiger partial charge in [0.15, 0.2) is 0 Å². The molecule has 7 heteroatoms. The van der Waals surface area contributed by atoms with Crippen molar-refractivity contribution in [2.75, 3.05) is 4.90 Å². The molecule has 2 N–H and O–H groups in total. The first-order chi connectivity index (χ1) is 9.68. The van der Waals surface area contributed by atoms with E-state index in [2.05, 4.69) is 5.32 Å². The average Bonchev–Trinajstić information content (AvgIpc) is 2.62. The molecular weight excluding hydrogens is 279 g/mol. The lowest BCUT2D eigenvalue weighted by molar-refractivity contribution is -0.122. The second-order valence-corrected chi connectivity index (χ2v) is 5.40. The number of benzene rings is 1. The molecule has 1 aromatic rings. The quantitative estimate of drug-likeness (QED) is 0.835. The van der Waals surface area contributed by atoms with Gasteiger partial charge in [-0.25, -0.2) is 18.9 Å². The van der Waals surface area contributed by atoms with Crippen LogP contribution in [-0.4, -0.2) is 28.6 Å². The summed E-state index contributed by atoms with van der Waals surface area (Å²) in [5, 5.41) is 11.5. The molecule has 0 aromatic heterocycles. The lowest BCUT2D eigenvalue weighted by Crippen LogP contribution is -2.48. The summed E-state index contributed by atoms with van der Waals surface area (Å²) in [5.74, 6) is -3.04.